The number of carbonyl (C=O) groups is 2. The van der Waals surface area contributed by atoms with Gasteiger partial charge in [-0.05, 0) is 48.7 Å². The van der Waals surface area contributed by atoms with Crippen LogP contribution in [0, 0.1) is 0 Å². The Morgan fingerprint density at radius 2 is 1.96 bits per heavy atom. The Bertz CT molecular complexity index is 734. The first-order valence-corrected chi connectivity index (χ1v) is 7.72. The van der Waals surface area contributed by atoms with Gasteiger partial charge in [0.25, 0.3) is 0 Å². The number of benzene rings is 1. The third-order valence-corrected chi connectivity index (χ3v) is 3.51. The topological polar surface area (TPSA) is 97.8 Å². The maximum absolute atomic E-state index is 11.9. The summed E-state index contributed by atoms with van der Waals surface area (Å²) < 4.78 is 9.86. The van der Waals surface area contributed by atoms with Crippen molar-refractivity contribution in [2.75, 3.05) is 7.11 Å². The highest BCUT2D eigenvalue weighted by Gasteiger charge is 2.16. The molecule has 1 heterocycles. The van der Waals surface area contributed by atoms with E-state index in [4.69, 9.17) is 9.47 Å². The maximum atomic E-state index is 11.9. The molecule has 0 aliphatic heterocycles. The zero-order chi connectivity index (χ0) is 18.2. The lowest BCUT2D eigenvalue weighted by molar-refractivity contribution is 0.0599. The van der Waals surface area contributed by atoms with Crippen molar-refractivity contribution in [3.8, 4) is 5.75 Å². The van der Waals surface area contributed by atoms with Gasteiger partial charge in [0.05, 0.1) is 12.7 Å². The summed E-state index contributed by atoms with van der Waals surface area (Å²) in [6, 6.07) is 7.69. The highest BCUT2D eigenvalue weighted by Crippen LogP contribution is 2.19. The average molecular weight is 344 g/mol. The van der Waals surface area contributed by atoms with E-state index in [1.807, 2.05) is 0 Å². The number of carbonyl (C=O) groups excluding carboxylic acids is 2. The van der Waals surface area contributed by atoms with Crippen LogP contribution in [-0.4, -0.2) is 35.3 Å². The van der Waals surface area contributed by atoms with Gasteiger partial charge in [-0.2, -0.15) is 0 Å². The van der Waals surface area contributed by atoms with Crippen molar-refractivity contribution in [3.63, 3.8) is 0 Å². The van der Waals surface area contributed by atoms with Crippen molar-refractivity contribution in [1.82, 2.24) is 10.3 Å². The summed E-state index contributed by atoms with van der Waals surface area (Å²) in [7, 11) is 1.27. The van der Waals surface area contributed by atoms with Crippen LogP contribution in [0.2, 0.25) is 0 Å². The molecule has 2 aromatic rings. The maximum Gasteiger partial charge on any atom is 0.407 e. The van der Waals surface area contributed by atoms with E-state index in [1.165, 1.54) is 19.2 Å². The number of esters is 1. The lowest BCUT2D eigenvalue weighted by atomic mass is 10.0. The first kappa shape index (κ1) is 18.3. The molecule has 7 heteroatoms. The number of nitrogens with zero attached hydrogens (tertiary/aromatic N) is 1. The van der Waals surface area contributed by atoms with E-state index in [9.17, 15) is 14.7 Å². The fraction of sp³-hybridized carbons (Fsp3) is 0.278. The van der Waals surface area contributed by atoms with Gasteiger partial charge in [-0.3, -0.25) is 4.98 Å². The zero-order valence-electron chi connectivity index (χ0n) is 14.1. The molecule has 1 amide bonds. The van der Waals surface area contributed by atoms with E-state index in [-0.39, 0.29) is 24.0 Å². The standard InChI is InChI=1S/C18H20N2O5/c1-12(20-18(23)25-11-13-5-7-19-8-6-13)9-14-3-4-15(21)10-16(14)17(22)24-2/h3-8,10,12,21H,9,11H2,1-2H3,(H,20,23)/t12-/m0/s1. The molecule has 0 saturated heterocycles. The number of aromatic nitrogens is 1. The van der Waals surface area contributed by atoms with Gasteiger partial charge in [-0.15, -0.1) is 0 Å². The third-order valence-electron chi connectivity index (χ3n) is 3.51. The first-order chi connectivity index (χ1) is 12.0. The van der Waals surface area contributed by atoms with Gasteiger partial charge in [0, 0.05) is 18.4 Å². The molecule has 0 fully saturated rings. The van der Waals surface area contributed by atoms with Crippen LogP contribution in [0.4, 0.5) is 4.79 Å². The second-order valence-electron chi connectivity index (χ2n) is 5.51. The van der Waals surface area contributed by atoms with E-state index in [0.717, 1.165) is 5.56 Å². The number of pyridine rings is 1. The van der Waals surface area contributed by atoms with E-state index in [2.05, 4.69) is 10.3 Å². The van der Waals surface area contributed by atoms with E-state index in [1.54, 1.807) is 37.5 Å². The minimum atomic E-state index is -0.553. The Balaban J connectivity index is 1.92. The second kappa shape index (κ2) is 8.68. The minimum absolute atomic E-state index is 0.0264. The molecule has 0 bridgehead atoms. The predicted molar refractivity (Wildman–Crippen MR) is 90.2 cm³/mol. The molecule has 0 saturated carbocycles. The third kappa shape index (κ3) is 5.49. The lowest BCUT2D eigenvalue weighted by Gasteiger charge is -2.16. The fourth-order valence-electron chi connectivity index (χ4n) is 2.29. The van der Waals surface area contributed by atoms with Gasteiger partial charge in [0.2, 0.25) is 0 Å². The normalized spacial score (nSPS) is 11.4. The zero-order valence-corrected chi connectivity index (χ0v) is 14.1. The van der Waals surface area contributed by atoms with Crippen LogP contribution in [-0.2, 0) is 22.5 Å². The van der Waals surface area contributed by atoms with Gasteiger partial charge in [-0.25, -0.2) is 9.59 Å². The Morgan fingerprint density at radius 1 is 1.24 bits per heavy atom. The Kier molecular flexibility index (Phi) is 6.33. The van der Waals surface area contributed by atoms with Crippen LogP contribution in [0.3, 0.4) is 0 Å². The Labute approximate surface area is 145 Å². The first-order valence-electron chi connectivity index (χ1n) is 7.72. The summed E-state index contributed by atoms with van der Waals surface area (Å²) in [6.45, 7) is 1.94. The average Bonchev–Trinajstić information content (AvgIpc) is 2.61. The molecule has 25 heavy (non-hydrogen) atoms. The molecule has 2 rings (SSSR count). The number of rotatable bonds is 6. The molecule has 0 unspecified atom stereocenters. The summed E-state index contributed by atoms with van der Waals surface area (Å²) in [5.74, 6) is -0.570. The van der Waals surface area contributed by atoms with Gasteiger partial charge in [0.15, 0.2) is 0 Å². The molecule has 0 aliphatic rings. The number of ether oxygens (including phenoxy) is 2. The van der Waals surface area contributed by atoms with Crippen LogP contribution in [0.1, 0.15) is 28.4 Å². The van der Waals surface area contributed by atoms with Crippen LogP contribution in [0.5, 0.6) is 5.75 Å². The molecule has 132 valence electrons. The smallest absolute Gasteiger partial charge is 0.407 e. The minimum Gasteiger partial charge on any atom is -0.508 e. The van der Waals surface area contributed by atoms with Crippen molar-refractivity contribution in [2.24, 2.45) is 0 Å². The number of methoxy groups -OCH3 is 1. The molecule has 0 spiro atoms. The van der Waals surface area contributed by atoms with E-state index >= 15 is 0 Å². The molecule has 1 aromatic heterocycles. The van der Waals surface area contributed by atoms with Crippen molar-refractivity contribution in [3.05, 3.63) is 59.4 Å². The summed E-state index contributed by atoms with van der Waals surface area (Å²) in [5, 5.41) is 12.2. The van der Waals surface area contributed by atoms with E-state index < -0.39 is 12.1 Å². The molecule has 0 radical (unpaired) electrons. The Morgan fingerprint density at radius 3 is 2.64 bits per heavy atom. The number of phenols is 1. The monoisotopic (exact) mass is 344 g/mol. The van der Waals surface area contributed by atoms with E-state index in [0.29, 0.717) is 12.0 Å². The largest absolute Gasteiger partial charge is 0.508 e. The van der Waals surface area contributed by atoms with Gasteiger partial charge < -0.3 is 19.9 Å². The number of phenolic OH excluding ortho intramolecular Hbond substituents is 1. The van der Waals surface area contributed by atoms with Crippen molar-refractivity contribution in [2.45, 2.75) is 26.0 Å². The van der Waals surface area contributed by atoms with Crippen molar-refractivity contribution in [1.29, 1.82) is 0 Å². The second-order valence-corrected chi connectivity index (χ2v) is 5.51. The van der Waals surface area contributed by atoms with Crippen LogP contribution in [0.15, 0.2) is 42.7 Å². The highest BCUT2D eigenvalue weighted by atomic mass is 16.5. The number of aromatic hydroxyl groups is 1. The van der Waals surface area contributed by atoms with Crippen molar-refractivity contribution >= 4 is 12.1 Å². The summed E-state index contributed by atoms with van der Waals surface area (Å²) >= 11 is 0. The number of hydrogen-bond acceptors (Lipinski definition) is 6. The van der Waals surface area contributed by atoms with Crippen LogP contribution < -0.4 is 5.32 Å². The van der Waals surface area contributed by atoms with Crippen molar-refractivity contribution < 1.29 is 24.2 Å². The lowest BCUT2D eigenvalue weighted by Crippen LogP contribution is -2.34. The fourth-order valence-corrected chi connectivity index (χ4v) is 2.29. The number of amides is 1. The molecular formula is C18H20N2O5. The molecule has 1 atom stereocenters. The predicted octanol–water partition coefficient (Wildman–Crippen LogP) is 2.43. The molecule has 1 aromatic carbocycles. The number of alkyl carbamates (subject to hydrolysis) is 1. The number of hydrogen-bond donors (Lipinski definition) is 2. The van der Waals surface area contributed by atoms with Gasteiger partial charge in [-0.1, -0.05) is 6.07 Å². The van der Waals surface area contributed by atoms with Crippen LogP contribution in [0.25, 0.3) is 0 Å². The molecule has 7 nitrogen and oxygen atoms in total. The van der Waals surface area contributed by atoms with Gasteiger partial charge in [0.1, 0.15) is 12.4 Å². The Hall–Kier alpha value is -3.09. The SMILES string of the molecule is COC(=O)c1cc(O)ccc1C[C@H](C)NC(=O)OCc1ccncc1. The van der Waals surface area contributed by atoms with Crippen LogP contribution >= 0.6 is 0 Å². The molecule has 2 N–H and O–H groups in total. The van der Waals surface area contributed by atoms with Gasteiger partial charge >= 0.3 is 12.1 Å². The summed E-state index contributed by atoms with van der Waals surface area (Å²) in [5.41, 5.74) is 1.76. The molecular weight excluding hydrogens is 324 g/mol. The molecule has 0 aliphatic carbocycles. The summed E-state index contributed by atoms with van der Waals surface area (Å²) in [6.07, 6.45) is 3.08. The highest BCUT2D eigenvalue weighted by molar-refractivity contribution is 5.91. The quantitative estimate of drug-likeness (QED) is 0.781. The number of nitrogens with one attached hydrogen (secondary N) is 1. The summed E-state index contributed by atoms with van der Waals surface area (Å²) in [4.78, 5) is 27.6.